The fourth-order valence-corrected chi connectivity index (χ4v) is 4.92. The average molecular weight is 359 g/mol. The Bertz CT molecular complexity index is 1090. The van der Waals surface area contributed by atoms with Crippen LogP contribution in [-0.2, 0) is 10.0 Å². The molecule has 24 heavy (non-hydrogen) atoms. The number of hydrogen-bond acceptors (Lipinski definition) is 4. The van der Waals surface area contributed by atoms with Crippen LogP contribution in [0.4, 0.5) is 10.1 Å². The number of benzene rings is 3. The summed E-state index contributed by atoms with van der Waals surface area (Å²) in [7, 11) is -3.87. The second-order valence-corrected chi connectivity index (χ2v) is 7.96. The first-order valence-corrected chi connectivity index (χ1v) is 9.32. The Morgan fingerprint density at radius 2 is 1.71 bits per heavy atom. The number of carbonyl (C=O) groups excluding carboxylic acids is 1. The van der Waals surface area contributed by atoms with Crippen molar-refractivity contribution in [1.29, 1.82) is 0 Å². The second kappa shape index (κ2) is 5.32. The highest BCUT2D eigenvalue weighted by Gasteiger charge is 2.27. The molecule has 4 rings (SSSR count). The molecule has 0 unspecified atom stereocenters. The van der Waals surface area contributed by atoms with Gasteiger partial charge in [0, 0.05) is 26.9 Å². The van der Waals surface area contributed by atoms with Gasteiger partial charge in [0.2, 0.25) is 5.12 Å². The Morgan fingerprint density at radius 1 is 0.958 bits per heavy atom. The molecular formula is C17H10FNO3S2. The van der Waals surface area contributed by atoms with E-state index in [9.17, 15) is 17.6 Å². The van der Waals surface area contributed by atoms with Crippen LogP contribution in [0.5, 0.6) is 0 Å². The summed E-state index contributed by atoms with van der Waals surface area (Å²) in [5.74, 6) is -0.446. The minimum atomic E-state index is -3.87. The van der Waals surface area contributed by atoms with Crippen LogP contribution in [0.15, 0.2) is 64.4 Å². The lowest BCUT2D eigenvalue weighted by Gasteiger charge is -2.11. The van der Waals surface area contributed by atoms with Gasteiger partial charge in [0.15, 0.2) is 0 Å². The van der Waals surface area contributed by atoms with Gasteiger partial charge in [-0.05, 0) is 54.2 Å². The molecule has 4 nitrogen and oxygen atoms in total. The highest BCUT2D eigenvalue weighted by Crippen LogP contribution is 2.42. The van der Waals surface area contributed by atoms with Gasteiger partial charge in [-0.1, -0.05) is 12.1 Å². The quantitative estimate of drug-likeness (QED) is 0.767. The van der Waals surface area contributed by atoms with Crippen molar-refractivity contribution < 1.29 is 17.6 Å². The third-order valence-corrected chi connectivity index (χ3v) is 6.18. The molecule has 1 aliphatic heterocycles. The summed E-state index contributed by atoms with van der Waals surface area (Å²) >= 11 is 1.10. The van der Waals surface area contributed by atoms with E-state index in [2.05, 4.69) is 4.72 Å². The summed E-state index contributed by atoms with van der Waals surface area (Å²) < 4.78 is 40.9. The Labute approximate surface area is 141 Å². The molecule has 3 aromatic carbocycles. The summed E-state index contributed by atoms with van der Waals surface area (Å²) in [6.45, 7) is 0. The van der Waals surface area contributed by atoms with E-state index in [0.717, 1.165) is 16.7 Å². The molecule has 3 aromatic rings. The number of sulfonamides is 1. The van der Waals surface area contributed by atoms with Gasteiger partial charge in [0.05, 0.1) is 4.90 Å². The topological polar surface area (TPSA) is 63.2 Å². The summed E-state index contributed by atoms with van der Waals surface area (Å²) in [6.07, 6.45) is 0. The molecule has 1 heterocycles. The highest BCUT2D eigenvalue weighted by atomic mass is 32.2. The third-order valence-electron chi connectivity index (χ3n) is 3.77. The van der Waals surface area contributed by atoms with Crippen molar-refractivity contribution in [2.24, 2.45) is 0 Å². The molecule has 0 atom stereocenters. The third kappa shape index (κ3) is 2.37. The molecule has 0 radical (unpaired) electrons. The van der Waals surface area contributed by atoms with Gasteiger partial charge in [-0.3, -0.25) is 9.52 Å². The zero-order valence-corrected chi connectivity index (χ0v) is 13.7. The first-order chi connectivity index (χ1) is 11.5. The lowest BCUT2D eigenvalue weighted by atomic mass is 10.1. The summed E-state index contributed by atoms with van der Waals surface area (Å²) in [6, 6.07) is 13.2. The van der Waals surface area contributed by atoms with Crippen molar-refractivity contribution >= 4 is 43.4 Å². The number of anilines is 1. The maximum absolute atomic E-state index is 13.0. The Morgan fingerprint density at radius 3 is 2.46 bits per heavy atom. The smallest absolute Gasteiger partial charge is 0.262 e. The lowest BCUT2D eigenvalue weighted by Crippen LogP contribution is -2.13. The monoisotopic (exact) mass is 359 g/mol. The molecule has 7 heteroatoms. The van der Waals surface area contributed by atoms with Gasteiger partial charge >= 0.3 is 0 Å². The first-order valence-electron chi connectivity index (χ1n) is 7.02. The van der Waals surface area contributed by atoms with Crippen LogP contribution in [0.25, 0.3) is 10.8 Å². The van der Waals surface area contributed by atoms with Gasteiger partial charge in [-0.2, -0.15) is 0 Å². The molecule has 0 aliphatic carbocycles. The lowest BCUT2D eigenvalue weighted by molar-refractivity contribution is 0.109. The number of thioether (sulfide) groups is 1. The summed E-state index contributed by atoms with van der Waals surface area (Å²) in [5, 5.41) is 1.07. The van der Waals surface area contributed by atoms with Crippen molar-refractivity contribution in [1.82, 2.24) is 0 Å². The highest BCUT2D eigenvalue weighted by molar-refractivity contribution is 8.14. The fraction of sp³-hybridized carbons (Fsp3) is 0. The van der Waals surface area contributed by atoms with E-state index >= 15 is 0 Å². The number of carbonyl (C=O) groups is 1. The van der Waals surface area contributed by atoms with Crippen molar-refractivity contribution in [3.05, 3.63) is 66.0 Å². The minimum Gasteiger partial charge on any atom is -0.281 e. The molecule has 1 N–H and O–H groups in total. The SMILES string of the molecule is O=C1Sc2ccc(S(=O)(=O)Nc3ccc(F)cc3)c3cccc1c23. The zero-order valence-electron chi connectivity index (χ0n) is 12.1. The number of nitrogens with one attached hydrogen (secondary N) is 1. The molecule has 1 aliphatic rings. The van der Waals surface area contributed by atoms with Crippen LogP contribution in [0.2, 0.25) is 0 Å². The molecule has 0 saturated carbocycles. The normalized spacial score (nSPS) is 13.5. The Hall–Kier alpha value is -2.38. The van der Waals surface area contributed by atoms with Crippen molar-refractivity contribution in [3.63, 3.8) is 0 Å². The second-order valence-electron chi connectivity index (χ2n) is 5.29. The van der Waals surface area contributed by atoms with Crippen LogP contribution in [-0.4, -0.2) is 13.5 Å². The number of rotatable bonds is 3. The van der Waals surface area contributed by atoms with Crippen molar-refractivity contribution in [2.45, 2.75) is 9.79 Å². The molecule has 120 valence electrons. The first kappa shape index (κ1) is 15.2. The van der Waals surface area contributed by atoms with E-state index in [4.69, 9.17) is 0 Å². The molecular weight excluding hydrogens is 349 g/mol. The molecule has 0 aromatic heterocycles. The number of halogens is 1. The van der Waals surface area contributed by atoms with E-state index in [1.807, 2.05) is 0 Å². The van der Waals surface area contributed by atoms with E-state index in [0.29, 0.717) is 16.3 Å². The van der Waals surface area contributed by atoms with E-state index in [1.54, 1.807) is 24.3 Å². The van der Waals surface area contributed by atoms with Crippen molar-refractivity contribution in [2.75, 3.05) is 4.72 Å². The summed E-state index contributed by atoms with van der Waals surface area (Å²) in [5.41, 5.74) is 0.788. The Kier molecular flexibility index (Phi) is 3.36. The van der Waals surface area contributed by atoms with Gasteiger partial charge in [0.25, 0.3) is 10.0 Å². The zero-order chi connectivity index (χ0) is 16.9. The standard InChI is InChI=1S/C17H10FNO3S2/c18-10-4-6-11(7-5-10)19-24(21,22)15-9-8-14-16-12(15)2-1-3-13(16)17(20)23-14/h1-9,19H. The predicted octanol–water partition coefficient (Wildman–Crippen LogP) is 4.03. The van der Waals surface area contributed by atoms with Gasteiger partial charge in [0.1, 0.15) is 5.82 Å². The van der Waals surface area contributed by atoms with Crippen molar-refractivity contribution in [3.8, 4) is 0 Å². The van der Waals surface area contributed by atoms with Crippen LogP contribution < -0.4 is 4.72 Å². The van der Waals surface area contributed by atoms with Crippen LogP contribution in [0, 0.1) is 5.82 Å². The van der Waals surface area contributed by atoms with Crippen LogP contribution >= 0.6 is 11.8 Å². The molecule has 0 amide bonds. The van der Waals surface area contributed by atoms with Crippen LogP contribution in [0.1, 0.15) is 10.4 Å². The maximum atomic E-state index is 13.0. The van der Waals surface area contributed by atoms with E-state index in [1.165, 1.54) is 30.3 Å². The summed E-state index contributed by atoms with van der Waals surface area (Å²) in [4.78, 5) is 12.8. The predicted molar refractivity (Wildman–Crippen MR) is 91.3 cm³/mol. The van der Waals surface area contributed by atoms with Crippen LogP contribution in [0.3, 0.4) is 0 Å². The Balaban J connectivity index is 1.86. The minimum absolute atomic E-state index is 0.0859. The van der Waals surface area contributed by atoms with Gasteiger partial charge < -0.3 is 0 Å². The molecule has 0 spiro atoms. The van der Waals surface area contributed by atoms with E-state index in [-0.39, 0.29) is 15.7 Å². The number of hydrogen-bond donors (Lipinski definition) is 1. The fourth-order valence-electron chi connectivity index (χ4n) is 2.72. The molecule has 0 saturated heterocycles. The van der Waals surface area contributed by atoms with E-state index < -0.39 is 15.8 Å². The maximum Gasteiger partial charge on any atom is 0.262 e. The van der Waals surface area contributed by atoms with Gasteiger partial charge in [-0.25, -0.2) is 12.8 Å². The molecule has 0 bridgehead atoms. The largest absolute Gasteiger partial charge is 0.281 e. The average Bonchev–Trinajstić information content (AvgIpc) is 2.88. The van der Waals surface area contributed by atoms with Gasteiger partial charge in [-0.15, -0.1) is 0 Å². The molecule has 0 fully saturated rings.